The summed E-state index contributed by atoms with van der Waals surface area (Å²) in [6, 6.07) is 8.13. The number of carbonyl (C=O) groups is 1. The van der Waals surface area contributed by atoms with E-state index in [0.29, 0.717) is 0 Å². The molecule has 2 N–H and O–H groups in total. The van der Waals surface area contributed by atoms with E-state index in [0.717, 1.165) is 32.8 Å². The Kier molecular flexibility index (Phi) is 7.16. The monoisotopic (exact) mass is 355 g/mol. The van der Waals surface area contributed by atoms with Crippen LogP contribution < -0.4 is 10.0 Å². The Morgan fingerprint density at radius 3 is 2.58 bits per heavy atom. The molecule has 0 aromatic heterocycles. The zero-order chi connectivity index (χ0) is 17.4. The summed E-state index contributed by atoms with van der Waals surface area (Å²) in [5.74, 6) is -0.161. The number of amides is 1. The van der Waals surface area contributed by atoms with Crippen LogP contribution in [0.2, 0.25) is 0 Å². The van der Waals surface area contributed by atoms with Crippen LogP contribution in [-0.4, -0.2) is 64.7 Å². The largest absolute Gasteiger partial charge is 0.379 e. The standard InChI is InChI=1S/C16H25N3O4S/c1-14(13-19-9-11-23-12-10-19)18-16(20)7-8-17-24(21,22)15-5-3-2-4-6-15/h2-6,14,17H,7-13H2,1H3,(H,18,20). The second-order valence-corrected chi connectivity index (χ2v) is 7.61. The van der Waals surface area contributed by atoms with Crippen molar-refractivity contribution in [1.29, 1.82) is 0 Å². The van der Waals surface area contributed by atoms with Crippen LogP contribution >= 0.6 is 0 Å². The number of benzene rings is 1. The minimum absolute atomic E-state index is 0.0151. The number of morpholine rings is 1. The third kappa shape index (κ3) is 6.20. The van der Waals surface area contributed by atoms with E-state index in [1.165, 1.54) is 12.1 Å². The van der Waals surface area contributed by atoms with Crippen molar-refractivity contribution in [2.45, 2.75) is 24.3 Å². The van der Waals surface area contributed by atoms with E-state index in [2.05, 4.69) is 14.9 Å². The summed E-state index contributed by atoms with van der Waals surface area (Å²) in [5, 5.41) is 2.90. The molecular weight excluding hydrogens is 330 g/mol. The molecule has 7 nitrogen and oxygen atoms in total. The molecule has 1 aromatic rings. The number of ether oxygens (including phenoxy) is 1. The molecule has 0 saturated carbocycles. The quantitative estimate of drug-likeness (QED) is 0.695. The van der Waals surface area contributed by atoms with Gasteiger partial charge in [0, 0.05) is 38.6 Å². The van der Waals surface area contributed by atoms with Gasteiger partial charge in [-0.3, -0.25) is 9.69 Å². The maximum absolute atomic E-state index is 12.0. The van der Waals surface area contributed by atoms with E-state index in [4.69, 9.17) is 4.74 Å². The molecule has 1 heterocycles. The van der Waals surface area contributed by atoms with Crippen LogP contribution in [0.25, 0.3) is 0 Å². The van der Waals surface area contributed by atoms with Crippen LogP contribution in [0.4, 0.5) is 0 Å². The Morgan fingerprint density at radius 1 is 1.25 bits per heavy atom. The fraction of sp³-hybridized carbons (Fsp3) is 0.562. The number of nitrogens with zero attached hydrogens (tertiary/aromatic N) is 1. The zero-order valence-electron chi connectivity index (χ0n) is 13.9. The summed E-state index contributed by atoms with van der Waals surface area (Å²) >= 11 is 0. The summed E-state index contributed by atoms with van der Waals surface area (Å²) in [6.45, 7) is 5.98. The second kappa shape index (κ2) is 9.12. The molecule has 0 aliphatic carbocycles. The van der Waals surface area contributed by atoms with Crippen LogP contribution in [0.3, 0.4) is 0 Å². The van der Waals surface area contributed by atoms with E-state index in [1.807, 2.05) is 6.92 Å². The second-order valence-electron chi connectivity index (χ2n) is 5.84. The normalized spacial score (nSPS) is 17.4. The van der Waals surface area contributed by atoms with Gasteiger partial charge in [-0.05, 0) is 19.1 Å². The molecule has 1 unspecified atom stereocenters. The van der Waals surface area contributed by atoms with Gasteiger partial charge in [-0.25, -0.2) is 13.1 Å². The molecular formula is C16H25N3O4S. The molecule has 2 rings (SSSR count). The van der Waals surface area contributed by atoms with Gasteiger partial charge < -0.3 is 10.1 Å². The van der Waals surface area contributed by atoms with Gasteiger partial charge in [-0.15, -0.1) is 0 Å². The summed E-state index contributed by atoms with van der Waals surface area (Å²) in [4.78, 5) is 14.4. The summed E-state index contributed by atoms with van der Waals surface area (Å²) in [6.07, 6.45) is 0.111. The fourth-order valence-electron chi connectivity index (χ4n) is 2.55. The predicted molar refractivity (Wildman–Crippen MR) is 91.1 cm³/mol. The highest BCUT2D eigenvalue weighted by molar-refractivity contribution is 7.89. The molecule has 1 atom stereocenters. The Bertz CT molecular complexity index is 615. The molecule has 0 spiro atoms. The number of rotatable bonds is 8. The molecule has 24 heavy (non-hydrogen) atoms. The highest BCUT2D eigenvalue weighted by atomic mass is 32.2. The van der Waals surface area contributed by atoms with Crippen molar-refractivity contribution < 1.29 is 17.9 Å². The smallest absolute Gasteiger partial charge is 0.240 e. The van der Waals surface area contributed by atoms with E-state index in [-0.39, 0.29) is 29.8 Å². The van der Waals surface area contributed by atoms with Crippen molar-refractivity contribution in [3.05, 3.63) is 30.3 Å². The Labute approximate surface area is 143 Å². The topological polar surface area (TPSA) is 87.7 Å². The van der Waals surface area contributed by atoms with Gasteiger partial charge in [-0.1, -0.05) is 18.2 Å². The highest BCUT2D eigenvalue weighted by Gasteiger charge is 2.16. The third-order valence-corrected chi connectivity index (χ3v) is 5.22. The summed E-state index contributed by atoms with van der Waals surface area (Å²) in [7, 11) is -3.56. The predicted octanol–water partition coefficient (Wildman–Crippen LogP) is 0.192. The number of nitrogens with one attached hydrogen (secondary N) is 2. The van der Waals surface area contributed by atoms with Gasteiger partial charge in [0.1, 0.15) is 0 Å². The van der Waals surface area contributed by atoms with Crippen molar-refractivity contribution in [2.24, 2.45) is 0 Å². The maximum Gasteiger partial charge on any atom is 0.240 e. The fourth-order valence-corrected chi connectivity index (χ4v) is 3.60. The molecule has 1 aliphatic heterocycles. The van der Waals surface area contributed by atoms with Crippen LogP contribution in [0.15, 0.2) is 35.2 Å². The van der Waals surface area contributed by atoms with Gasteiger partial charge >= 0.3 is 0 Å². The lowest BCUT2D eigenvalue weighted by molar-refractivity contribution is -0.121. The molecule has 134 valence electrons. The average Bonchev–Trinajstić information content (AvgIpc) is 2.56. The first-order valence-electron chi connectivity index (χ1n) is 8.11. The van der Waals surface area contributed by atoms with Crippen LogP contribution in [0, 0.1) is 0 Å². The molecule has 1 amide bonds. The minimum atomic E-state index is -3.56. The average molecular weight is 355 g/mol. The third-order valence-electron chi connectivity index (χ3n) is 3.74. The van der Waals surface area contributed by atoms with Gasteiger partial charge in [0.15, 0.2) is 0 Å². The zero-order valence-corrected chi connectivity index (χ0v) is 14.7. The molecule has 1 aliphatic rings. The highest BCUT2D eigenvalue weighted by Crippen LogP contribution is 2.06. The van der Waals surface area contributed by atoms with Crippen molar-refractivity contribution in [3.8, 4) is 0 Å². The lowest BCUT2D eigenvalue weighted by Crippen LogP contribution is -2.46. The van der Waals surface area contributed by atoms with Crippen LogP contribution in [0.5, 0.6) is 0 Å². The van der Waals surface area contributed by atoms with E-state index in [9.17, 15) is 13.2 Å². The van der Waals surface area contributed by atoms with Gasteiger partial charge in [-0.2, -0.15) is 0 Å². The Morgan fingerprint density at radius 2 is 1.92 bits per heavy atom. The van der Waals surface area contributed by atoms with Crippen LogP contribution in [0.1, 0.15) is 13.3 Å². The minimum Gasteiger partial charge on any atom is -0.379 e. The van der Waals surface area contributed by atoms with Gasteiger partial charge in [0.2, 0.25) is 15.9 Å². The van der Waals surface area contributed by atoms with Crippen molar-refractivity contribution >= 4 is 15.9 Å². The first-order chi connectivity index (χ1) is 11.5. The van der Waals surface area contributed by atoms with Crippen molar-refractivity contribution in [1.82, 2.24) is 14.9 Å². The van der Waals surface area contributed by atoms with E-state index >= 15 is 0 Å². The lowest BCUT2D eigenvalue weighted by Gasteiger charge is -2.29. The Hall–Kier alpha value is -1.48. The van der Waals surface area contributed by atoms with E-state index in [1.54, 1.807) is 18.2 Å². The lowest BCUT2D eigenvalue weighted by atomic mass is 10.2. The van der Waals surface area contributed by atoms with Crippen molar-refractivity contribution in [2.75, 3.05) is 39.4 Å². The van der Waals surface area contributed by atoms with Gasteiger partial charge in [0.25, 0.3) is 0 Å². The van der Waals surface area contributed by atoms with E-state index < -0.39 is 10.0 Å². The summed E-state index contributed by atoms with van der Waals surface area (Å²) < 4.78 is 31.8. The number of hydrogen-bond donors (Lipinski definition) is 2. The summed E-state index contributed by atoms with van der Waals surface area (Å²) in [5.41, 5.74) is 0. The van der Waals surface area contributed by atoms with Crippen LogP contribution in [-0.2, 0) is 19.6 Å². The van der Waals surface area contributed by atoms with Gasteiger partial charge in [0.05, 0.1) is 18.1 Å². The molecule has 1 fully saturated rings. The molecule has 0 bridgehead atoms. The van der Waals surface area contributed by atoms with Crippen molar-refractivity contribution in [3.63, 3.8) is 0 Å². The first kappa shape index (κ1) is 18.9. The number of hydrogen-bond acceptors (Lipinski definition) is 5. The molecule has 1 aromatic carbocycles. The SMILES string of the molecule is CC(CN1CCOCC1)NC(=O)CCNS(=O)(=O)c1ccccc1. The maximum atomic E-state index is 12.0. The first-order valence-corrected chi connectivity index (χ1v) is 9.60. The molecule has 0 radical (unpaired) electrons. The Balaban J connectivity index is 1.69. The molecule has 1 saturated heterocycles. The molecule has 8 heteroatoms. The number of sulfonamides is 1. The number of carbonyl (C=O) groups excluding carboxylic acids is 1.